The van der Waals surface area contributed by atoms with Gasteiger partial charge in [-0.25, -0.2) is 4.79 Å². The molecule has 0 fully saturated rings. The second-order valence-electron chi connectivity index (χ2n) is 7.49. The minimum Gasteiger partial charge on any atom is -0.494 e. The molecule has 0 spiro atoms. The van der Waals surface area contributed by atoms with Gasteiger partial charge in [0.2, 0.25) is 0 Å². The van der Waals surface area contributed by atoms with E-state index in [4.69, 9.17) is 9.47 Å². The van der Waals surface area contributed by atoms with Crippen LogP contribution in [0.1, 0.15) is 37.3 Å². The molecule has 2 N–H and O–H groups in total. The van der Waals surface area contributed by atoms with Crippen molar-refractivity contribution < 1.29 is 14.3 Å². The molecular weight excluding hydrogens is 396 g/mol. The van der Waals surface area contributed by atoms with Crippen LogP contribution in [0.4, 0.5) is 5.69 Å². The van der Waals surface area contributed by atoms with E-state index in [1.165, 1.54) is 11.3 Å². The molecule has 2 aliphatic rings. The number of carbonyl (C=O) groups is 1. The van der Waals surface area contributed by atoms with E-state index < -0.39 is 4.87 Å². The largest absolute Gasteiger partial charge is 0.494 e. The monoisotopic (exact) mass is 424 g/mol. The lowest BCUT2D eigenvalue weighted by Crippen LogP contribution is -2.37. The summed E-state index contributed by atoms with van der Waals surface area (Å²) in [6.45, 7) is 3.81. The number of rotatable bonds is 8. The van der Waals surface area contributed by atoms with Gasteiger partial charge in [0.25, 0.3) is 0 Å². The van der Waals surface area contributed by atoms with Crippen molar-refractivity contribution in [2.75, 3.05) is 25.1 Å². The molecule has 6 heteroatoms. The fourth-order valence-electron chi connectivity index (χ4n) is 3.89. The third kappa shape index (κ3) is 4.59. The van der Waals surface area contributed by atoms with Gasteiger partial charge in [0, 0.05) is 17.6 Å². The molecule has 2 aliphatic heterocycles. The quantitative estimate of drug-likeness (QED) is 0.469. The normalized spacial score (nSPS) is 19.8. The number of fused-ring (bicyclic) bond motifs is 1. The minimum atomic E-state index is -0.406. The Hall–Kier alpha value is -2.60. The van der Waals surface area contributed by atoms with Crippen molar-refractivity contribution in [3.8, 4) is 5.75 Å². The van der Waals surface area contributed by atoms with Gasteiger partial charge in [0.1, 0.15) is 16.3 Å². The number of thioether (sulfide) groups is 1. The van der Waals surface area contributed by atoms with Gasteiger partial charge in [0.15, 0.2) is 0 Å². The van der Waals surface area contributed by atoms with E-state index in [1.54, 1.807) is 11.8 Å². The lowest BCUT2D eigenvalue weighted by atomic mass is 9.95. The molecule has 0 saturated heterocycles. The van der Waals surface area contributed by atoms with Gasteiger partial charge in [-0.15, -0.1) is 0 Å². The van der Waals surface area contributed by atoms with E-state index in [2.05, 4.69) is 28.8 Å². The fraction of sp³-hybridized carbons (Fsp3) is 0.375. The first kappa shape index (κ1) is 20.7. The average molecular weight is 425 g/mol. The number of carbonyl (C=O) groups excluding carboxylic acids is 1. The maximum atomic E-state index is 12.3. The second kappa shape index (κ2) is 9.47. The molecule has 158 valence electrons. The molecule has 0 amide bonds. The third-order valence-electron chi connectivity index (χ3n) is 5.41. The van der Waals surface area contributed by atoms with Crippen LogP contribution in [0.5, 0.6) is 5.75 Å². The molecule has 4 rings (SSSR count). The second-order valence-corrected chi connectivity index (χ2v) is 8.66. The summed E-state index contributed by atoms with van der Waals surface area (Å²) in [4.78, 5) is 11.9. The topological polar surface area (TPSA) is 59.6 Å². The number of anilines is 1. The highest BCUT2D eigenvalue weighted by molar-refractivity contribution is 8.03. The van der Waals surface area contributed by atoms with Crippen molar-refractivity contribution in [1.82, 2.24) is 5.32 Å². The number of hydrogen-bond acceptors (Lipinski definition) is 6. The maximum Gasteiger partial charge on any atom is 0.354 e. The van der Waals surface area contributed by atoms with Crippen LogP contribution in [0.15, 0.2) is 59.6 Å². The highest BCUT2D eigenvalue weighted by Crippen LogP contribution is 2.45. The molecular formula is C24H28N2O3S. The van der Waals surface area contributed by atoms with Gasteiger partial charge >= 0.3 is 5.97 Å². The highest BCUT2D eigenvalue weighted by Gasteiger charge is 2.39. The fourth-order valence-corrected chi connectivity index (χ4v) is 5.06. The molecule has 5 nitrogen and oxygen atoms in total. The van der Waals surface area contributed by atoms with Crippen LogP contribution in [0, 0.1) is 0 Å². The molecule has 2 aromatic rings. The maximum absolute atomic E-state index is 12.3. The summed E-state index contributed by atoms with van der Waals surface area (Å²) in [6, 6.07) is 16.5. The number of para-hydroxylation sites is 1. The first-order chi connectivity index (χ1) is 14.7. The number of aryl methyl sites for hydroxylation is 1. The Kier molecular flexibility index (Phi) is 6.53. The third-order valence-corrected chi connectivity index (χ3v) is 6.71. The molecule has 2 aromatic carbocycles. The Morgan fingerprint density at radius 3 is 2.90 bits per heavy atom. The van der Waals surface area contributed by atoms with Crippen molar-refractivity contribution >= 4 is 23.4 Å². The van der Waals surface area contributed by atoms with E-state index in [0.717, 1.165) is 43.5 Å². The summed E-state index contributed by atoms with van der Waals surface area (Å²) >= 11 is 1.64. The highest BCUT2D eigenvalue weighted by atomic mass is 32.2. The van der Waals surface area contributed by atoms with E-state index in [1.807, 2.05) is 42.7 Å². The van der Waals surface area contributed by atoms with Gasteiger partial charge in [-0.05, 0) is 61.9 Å². The molecule has 0 aliphatic carbocycles. The Bertz CT molecular complexity index is 916. The Morgan fingerprint density at radius 1 is 1.20 bits per heavy atom. The summed E-state index contributed by atoms with van der Waals surface area (Å²) < 4.78 is 11.1. The van der Waals surface area contributed by atoms with Crippen molar-refractivity contribution in [3.63, 3.8) is 0 Å². The van der Waals surface area contributed by atoms with Crippen LogP contribution < -0.4 is 15.4 Å². The summed E-state index contributed by atoms with van der Waals surface area (Å²) in [5.74, 6) is 0.574. The molecule has 0 saturated carbocycles. The number of ether oxygens (including phenoxy) is 2. The molecule has 0 radical (unpaired) electrons. The summed E-state index contributed by atoms with van der Waals surface area (Å²) in [6.07, 6.45) is 3.94. The van der Waals surface area contributed by atoms with E-state index in [9.17, 15) is 4.79 Å². The SMILES string of the molecule is CCOC(=O)C1=CS[C@@](CCCOc2ccccc2)(c2ccc3c(c2)NCCC3)N1. The summed E-state index contributed by atoms with van der Waals surface area (Å²) in [5.41, 5.74) is 4.24. The molecule has 0 aromatic heterocycles. The Labute approximate surface area is 182 Å². The lowest BCUT2D eigenvalue weighted by Gasteiger charge is -2.32. The molecule has 2 heterocycles. The average Bonchev–Trinajstić information content (AvgIpc) is 3.23. The summed E-state index contributed by atoms with van der Waals surface area (Å²) in [5, 5.41) is 8.89. The van der Waals surface area contributed by atoms with E-state index in [0.29, 0.717) is 18.9 Å². The Balaban J connectivity index is 1.49. The zero-order valence-corrected chi connectivity index (χ0v) is 18.1. The van der Waals surface area contributed by atoms with Crippen molar-refractivity contribution in [2.24, 2.45) is 0 Å². The molecule has 30 heavy (non-hydrogen) atoms. The van der Waals surface area contributed by atoms with Crippen molar-refractivity contribution in [2.45, 2.75) is 37.5 Å². The van der Waals surface area contributed by atoms with Gasteiger partial charge in [-0.1, -0.05) is 42.1 Å². The predicted octanol–water partition coefficient (Wildman–Crippen LogP) is 4.80. The standard InChI is InChI=1S/C24H28N2O3S/c1-2-28-23(27)22-17-30-24(26-22,13-7-15-29-20-9-4-3-5-10-20)19-12-11-18-8-6-14-25-21(18)16-19/h3-5,9-12,16-17,25-26H,2,6-8,13-15H2,1H3/t24-/m0/s1. The van der Waals surface area contributed by atoms with Gasteiger partial charge in [0.05, 0.1) is 13.2 Å². The number of nitrogens with one attached hydrogen (secondary N) is 2. The predicted molar refractivity (Wildman–Crippen MR) is 122 cm³/mol. The first-order valence-electron chi connectivity index (χ1n) is 10.6. The van der Waals surface area contributed by atoms with Crippen LogP contribution in [-0.2, 0) is 20.8 Å². The zero-order valence-electron chi connectivity index (χ0n) is 17.3. The molecule has 0 bridgehead atoms. The van der Waals surface area contributed by atoms with Crippen LogP contribution in [0.25, 0.3) is 0 Å². The number of hydrogen-bond donors (Lipinski definition) is 2. The first-order valence-corrected chi connectivity index (χ1v) is 11.5. The van der Waals surface area contributed by atoms with Crippen LogP contribution >= 0.6 is 11.8 Å². The van der Waals surface area contributed by atoms with Crippen LogP contribution in [0.2, 0.25) is 0 Å². The van der Waals surface area contributed by atoms with Crippen molar-refractivity contribution in [3.05, 3.63) is 70.8 Å². The lowest BCUT2D eigenvalue weighted by molar-refractivity contribution is -0.139. The molecule has 0 unspecified atom stereocenters. The smallest absolute Gasteiger partial charge is 0.354 e. The number of benzene rings is 2. The Morgan fingerprint density at radius 2 is 2.07 bits per heavy atom. The summed E-state index contributed by atoms with van der Waals surface area (Å²) in [7, 11) is 0. The molecule has 1 atom stereocenters. The van der Waals surface area contributed by atoms with Crippen molar-refractivity contribution in [1.29, 1.82) is 0 Å². The minimum absolute atomic E-state index is 0.302. The van der Waals surface area contributed by atoms with E-state index in [-0.39, 0.29) is 5.97 Å². The van der Waals surface area contributed by atoms with E-state index >= 15 is 0 Å². The number of esters is 1. The van der Waals surface area contributed by atoms with Crippen LogP contribution in [0.3, 0.4) is 0 Å². The van der Waals surface area contributed by atoms with Gasteiger partial charge in [-0.2, -0.15) is 0 Å². The van der Waals surface area contributed by atoms with Gasteiger partial charge in [-0.3, -0.25) is 0 Å². The van der Waals surface area contributed by atoms with Crippen LogP contribution in [-0.4, -0.2) is 25.7 Å². The zero-order chi connectivity index (χ0) is 20.8. The van der Waals surface area contributed by atoms with Gasteiger partial charge < -0.3 is 20.1 Å².